The number of aryl methyl sites for hydroxylation is 1. The first-order valence-corrected chi connectivity index (χ1v) is 6.84. The van der Waals surface area contributed by atoms with E-state index in [2.05, 4.69) is 25.7 Å². The number of rotatable bonds is 4. The van der Waals surface area contributed by atoms with Gasteiger partial charge in [-0.25, -0.2) is 4.98 Å². The molecule has 1 heterocycles. The van der Waals surface area contributed by atoms with Crippen molar-refractivity contribution in [2.24, 2.45) is 0 Å². The summed E-state index contributed by atoms with van der Waals surface area (Å²) in [5.41, 5.74) is 6.47. The third-order valence-electron chi connectivity index (χ3n) is 1.59. The molecule has 0 aliphatic heterocycles. The summed E-state index contributed by atoms with van der Waals surface area (Å²) in [5.74, 6) is 0.340. The number of alkyl halides is 1. The SMILES string of the molecule is COC(=O)C(Br)CSc1sc(N)nc1C. The molecule has 4 nitrogen and oxygen atoms in total. The molecule has 0 saturated carbocycles. The molecule has 1 aromatic heterocycles. The van der Waals surface area contributed by atoms with Crippen LogP contribution in [0.3, 0.4) is 0 Å². The first-order chi connectivity index (χ1) is 7.04. The van der Waals surface area contributed by atoms with Crippen LogP contribution in [0.15, 0.2) is 4.21 Å². The minimum atomic E-state index is -0.296. The molecule has 1 atom stereocenters. The number of methoxy groups -OCH3 is 1. The van der Waals surface area contributed by atoms with E-state index in [0.29, 0.717) is 10.9 Å². The van der Waals surface area contributed by atoms with Crippen LogP contribution in [0.5, 0.6) is 0 Å². The van der Waals surface area contributed by atoms with E-state index in [0.717, 1.165) is 9.90 Å². The first-order valence-electron chi connectivity index (χ1n) is 4.12. The number of ether oxygens (including phenoxy) is 1. The third kappa shape index (κ3) is 3.66. The molecule has 0 amide bonds. The zero-order valence-corrected chi connectivity index (χ0v) is 11.5. The van der Waals surface area contributed by atoms with Crippen molar-refractivity contribution in [3.63, 3.8) is 0 Å². The number of anilines is 1. The number of nitrogens with zero attached hydrogens (tertiary/aromatic N) is 1. The summed E-state index contributed by atoms with van der Waals surface area (Å²) in [6.45, 7) is 1.90. The quantitative estimate of drug-likeness (QED) is 0.524. The number of esters is 1. The number of hydrogen-bond acceptors (Lipinski definition) is 6. The van der Waals surface area contributed by atoms with Gasteiger partial charge < -0.3 is 10.5 Å². The topological polar surface area (TPSA) is 65.2 Å². The van der Waals surface area contributed by atoms with Crippen LogP contribution in [-0.4, -0.2) is 28.6 Å². The number of carbonyl (C=O) groups excluding carboxylic acids is 1. The molecular formula is C8H11BrN2O2S2. The average molecular weight is 311 g/mol. The fraction of sp³-hybridized carbons (Fsp3) is 0.500. The molecule has 0 spiro atoms. The highest BCUT2D eigenvalue weighted by Gasteiger charge is 2.16. The van der Waals surface area contributed by atoms with Crippen molar-refractivity contribution < 1.29 is 9.53 Å². The van der Waals surface area contributed by atoms with Gasteiger partial charge in [0, 0.05) is 5.75 Å². The second-order valence-corrected chi connectivity index (χ2v) is 6.15. The molecule has 0 bridgehead atoms. The van der Waals surface area contributed by atoms with E-state index in [4.69, 9.17) is 5.73 Å². The number of halogens is 1. The summed E-state index contributed by atoms with van der Waals surface area (Å²) >= 11 is 6.23. The van der Waals surface area contributed by atoms with Crippen molar-refractivity contribution in [1.82, 2.24) is 4.98 Å². The second-order valence-electron chi connectivity index (χ2n) is 2.73. The number of thiazole rings is 1. The van der Waals surface area contributed by atoms with Gasteiger partial charge in [0.25, 0.3) is 0 Å². The molecule has 0 aromatic carbocycles. The van der Waals surface area contributed by atoms with Gasteiger partial charge in [0.2, 0.25) is 0 Å². The van der Waals surface area contributed by atoms with E-state index < -0.39 is 0 Å². The molecule has 0 fully saturated rings. The monoisotopic (exact) mass is 310 g/mol. The smallest absolute Gasteiger partial charge is 0.320 e. The van der Waals surface area contributed by atoms with Gasteiger partial charge in [-0.3, -0.25) is 4.79 Å². The molecule has 84 valence electrons. The Morgan fingerprint density at radius 2 is 2.47 bits per heavy atom. The molecule has 0 aliphatic carbocycles. The summed E-state index contributed by atoms with van der Waals surface area (Å²) in [7, 11) is 1.37. The summed E-state index contributed by atoms with van der Waals surface area (Å²) in [6, 6.07) is 0. The fourth-order valence-corrected chi connectivity index (χ4v) is 3.41. The third-order valence-corrected chi connectivity index (χ3v) is 5.16. The highest BCUT2D eigenvalue weighted by molar-refractivity contribution is 9.10. The van der Waals surface area contributed by atoms with Gasteiger partial charge in [-0.2, -0.15) is 0 Å². The maximum absolute atomic E-state index is 11.1. The first kappa shape index (κ1) is 12.8. The second kappa shape index (κ2) is 5.72. The Kier molecular flexibility index (Phi) is 4.88. The van der Waals surface area contributed by atoms with Crippen molar-refractivity contribution in [3.05, 3.63) is 5.69 Å². The predicted molar refractivity (Wildman–Crippen MR) is 66.7 cm³/mol. The van der Waals surface area contributed by atoms with Crippen molar-refractivity contribution in [3.8, 4) is 0 Å². The molecule has 1 aromatic rings. The van der Waals surface area contributed by atoms with Crippen LogP contribution in [0.1, 0.15) is 5.69 Å². The molecule has 0 radical (unpaired) electrons. The van der Waals surface area contributed by atoms with Gasteiger partial charge in [0.15, 0.2) is 5.13 Å². The van der Waals surface area contributed by atoms with Gasteiger partial charge in [0.05, 0.1) is 17.0 Å². The highest BCUT2D eigenvalue weighted by atomic mass is 79.9. The van der Waals surface area contributed by atoms with Crippen molar-refractivity contribution in [2.45, 2.75) is 16.0 Å². The summed E-state index contributed by atoms with van der Waals surface area (Å²) in [4.78, 5) is 14.9. The molecule has 0 aliphatic rings. The zero-order chi connectivity index (χ0) is 11.4. The van der Waals surface area contributed by atoms with E-state index >= 15 is 0 Å². The Morgan fingerprint density at radius 1 is 1.80 bits per heavy atom. The number of carbonyl (C=O) groups is 1. The number of nitrogen functional groups attached to an aromatic ring is 1. The number of aromatic nitrogens is 1. The lowest BCUT2D eigenvalue weighted by Gasteiger charge is -2.05. The van der Waals surface area contributed by atoms with Gasteiger partial charge >= 0.3 is 5.97 Å². The Balaban J connectivity index is 2.50. The number of hydrogen-bond donors (Lipinski definition) is 1. The van der Waals surface area contributed by atoms with Crippen LogP contribution in [-0.2, 0) is 9.53 Å². The standard InChI is InChI=1S/C8H11BrN2O2S2/c1-4-7(15-8(10)11-4)14-3-5(9)6(12)13-2/h5H,3H2,1-2H3,(H2,10,11). The number of nitrogens with two attached hydrogens (primary N) is 1. The average Bonchev–Trinajstić information content (AvgIpc) is 2.52. The molecule has 2 N–H and O–H groups in total. The normalized spacial score (nSPS) is 12.5. The summed E-state index contributed by atoms with van der Waals surface area (Å²) in [6.07, 6.45) is 0. The van der Waals surface area contributed by atoms with Crippen molar-refractivity contribution in [2.75, 3.05) is 18.6 Å². The molecule has 7 heteroatoms. The van der Waals surface area contributed by atoms with E-state index in [1.165, 1.54) is 18.4 Å². The van der Waals surface area contributed by atoms with Crippen LogP contribution in [0.25, 0.3) is 0 Å². The van der Waals surface area contributed by atoms with E-state index in [-0.39, 0.29) is 10.8 Å². The van der Waals surface area contributed by atoms with Crippen LogP contribution < -0.4 is 5.73 Å². The predicted octanol–water partition coefficient (Wildman–Crippen LogP) is 2.06. The number of thioether (sulfide) groups is 1. The molecule has 15 heavy (non-hydrogen) atoms. The van der Waals surface area contributed by atoms with E-state index in [1.54, 1.807) is 11.8 Å². The Labute approximate surface area is 105 Å². The van der Waals surface area contributed by atoms with E-state index in [9.17, 15) is 4.79 Å². The maximum atomic E-state index is 11.1. The highest BCUT2D eigenvalue weighted by Crippen LogP contribution is 2.31. The van der Waals surface area contributed by atoms with Crippen LogP contribution >= 0.6 is 39.0 Å². The minimum absolute atomic E-state index is 0.266. The maximum Gasteiger partial charge on any atom is 0.320 e. The van der Waals surface area contributed by atoms with Crippen molar-refractivity contribution >= 4 is 50.1 Å². The van der Waals surface area contributed by atoms with Gasteiger partial charge in [-0.1, -0.05) is 27.3 Å². The van der Waals surface area contributed by atoms with Gasteiger partial charge in [0.1, 0.15) is 4.83 Å². The van der Waals surface area contributed by atoms with E-state index in [1.807, 2.05) is 6.92 Å². The molecule has 1 unspecified atom stereocenters. The van der Waals surface area contributed by atoms with Crippen molar-refractivity contribution in [1.29, 1.82) is 0 Å². The molecule has 0 saturated heterocycles. The van der Waals surface area contributed by atoms with Crippen LogP contribution in [0.4, 0.5) is 5.13 Å². The summed E-state index contributed by atoms with van der Waals surface area (Å²) < 4.78 is 5.64. The van der Waals surface area contributed by atoms with Crippen LogP contribution in [0, 0.1) is 6.92 Å². The lowest BCUT2D eigenvalue weighted by Crippen LogP contribution is -2.17. The lowest BCUT2D eigenvalue weighted by atomic mass is 10.5. The van der Waals surface area contributed by atoms with Crippen LogP contribution in [0.2, 0.25) is 0 Å². The molecule has 1 rings (SSSR count). The molecular weight excluding hydrogens is 300 g/mol. The largest absolute Gasteiger partial charge is 0.468 e. The minimum Gasteiger partial charge on any atom is -0.468 e. The van der Waals surface area contributed by atoms with Gasteiger partial charge in [-0.05, 0) is 6.92 Å². The Hall–Kier alpha value is -0.270. The fourth-order valence-electron chi connectivity index (χ4n) is 0.881. The Bertz CT molecular complexity index is 356. The lowest BCUT2D eigenvalue weighted by molar-refractivity contribution is -0.139. The zero-order valence-electron chi connectivity index (χ0n) is 8.32. The summed E-state index contributed by atoms with van der Waals surface area (Å²) in [5, 5.41) is 0.555. The Morgan fingerprint density at radius 3 is 2.93 bits per heavy atom. The van der Waals surface area contributed by atoms with Gasteiger partial charge in [-0.15, -0.1) is 11.8 Å².